The Hall–Kier alpha value is -3.00. The second kappa shape index (κ2) is 7.79. The highest BCUT2D eigenvalue weighted by molar-refractivity contribution is 7.99. The van der Waals surface area contributed by atoms with Crippen LogP contribution in [0, 0.1) is 5.82 Å². The number of halogens is 1. The van der Waals surface area contributed by atoms with E-state index >= 15 is 0 Å². The summed E-state index contributed by atoms with van der Waals surface area (Å²) in [6.45, 7) is 0.410. The second-order valence-corrected chi connectivity index (χ2v) is 7.61. The quantitative estimate of drug-likeness (QED) is 0.274. The third-order valence-electron chi connectivity index (χ3n) is 4.78. The number of thioether (sulfide) groups is 1. The molecule has 4 aromatic rings. The maximum atomic E-state index is 13.0. The van der Waals surface area contributed by atoms with E-state index in [0.29, 0.717) is 34.3 Å². The van der Waals surface area contributed by atoms with Gasteiger partial charge in [0.15, 0.2) is 5.16 Å². The van der Waals surface area contributed by atoms with Crippen LogP contribution >= 0.6 is 11.8 Å². The summed E-state index contributed by atoms with van der Waals surface area (Å²) in [5, 5.41) is 1.49. The Morgan fingerprint density at radius 2 is 1.79 bits per heavy atom. The molecule has 0 aliphatic rings. The average molecular weight is 413 g/mol. The summed E-state index contributed by atoms with van der Waals surface area (Å²) in [7, 11) is 5.20. The van der Waals surface area contributed by atoms with Crippen LogP contribution in [-0.4, -0.2) is 33.6 Å². The SMILES string of the molecule is COc1ccc2c(c1)c1nc(SCCOc3ccc(F)cc3)n(C)c(=O)c1n2C. The van der Waals surface area contributed by atoms with Crippen molar-refractivity contribution >= 4 is 33.7 Å². The summed E-state index contributed by atoms with van der Waals surface area (Å²) in [4.78, 5) is 17.7. The van der Waals surface area contributed by atoms with Gasteiger partial charge in [-0.2, -0.15) is 0 Å². The minimum atomic E-state index is -0.300. The van der Waals surface area contributed by atoms with E-state index < -0.39 is 0 Å². The maximum Gasteiger partial charge on any atom is 0.278 e. The Balaban J connectivity index is 1.62. The highest BCUT2D eigenvalue weighted by Crippen LogP contribution is 2.29. The molecule has 0 amide bonds. The number of aryl methyl sites for hydroxylation is 1. The van der Waals surface area contributed by atoms with Crippen molar-refractivity contribution in [2.75, 3.05) is 19.5 Å². The van der Waals surface area contributed by atoms with Crippen LogP contribution in [0.2, 0.25) is 0 Å². The number of nitrogens with zero attached hydrogens (tertiary/aromatic N) is 3. The lowest BCUT2D eigenvalue weighted by Crippen LogP contribution is -2.21. The van der Waals surface area contributed by atoms with E-state index in [4.69, 9.17) is 14.5 Å². The molecule has 0 bridgehead atoms. The zero-order chi connectivity index (χ0) is 20.5. The average Bonchev–Trinajstić information content (AvgIpc) is 3.01. The Kier molecular flexibility index (Phi) is 5.19. The van der Waals surface area contributed by atoms with E-state index in [2.05, 4.69) is 0 Å². The van der Waals surface area contributed by atoms with Gasteiger partial charge in [0.1, 0.15) is 28.3 Å². The lowest BCUT2D eigenvalue weighted by Gasteiger charge is -2.09. The fourth-order valence-electron chi connectivity index (χ4n) is 3.26. The standard InChI is InChI=1S/C21H20FN3O3S/c1-24-17-9-8-15(27-3)12-16(17)18-19(24)20(26)25(2)21(23-18)29-11-10-28-14-6-4-13(22)5-7-14/h4-9,12H,10-11H2,1-3H3. The van der Waals surface area contributed by atoms with Gasteiger partial charge in [-0.1, -0.05) is 11.8 Å². The Morgan fingerprint density at radius 1 is 1.07 bits per heavy atom. The number of rotatable bonds is 6. The molecular weight excluding hydrogens is 393 g/mol. The summed E-state index contributed by atoms with van der Waals surface area (Å²) in [6.07, 6.45) is 0. The van der Waals surface area contributed by atoms with E-state index in [9.17, 15) is 9.18 Å². The molecular formula is C21H20FN3O3S. The van der Waals surface area contributed by atoms with Crippen molar-refractivity contribution < 1.29 is 13.9 Å². The Morgan fingerprint density at radius 3 is 2.52 bits per heavy atom. The zero-order valence-electron chi connectivity index (χ0n) is 16.3. The van der Waals surface area contributed by atoms with Gasteiger partial charge in [-0.15, -0.1) is 0 Å². The largest absolute Gasteiger partial charge is 0.497 e. The molecule has 0 aliphatic carbocycles. The van der Waals surface area contributed by atoms with E-state index in [1.165, 1.54) is 23.9 Å². The van der Waals surface area contributed by atoms with Crippen LogP contribution in [0.3, 0.4) is 0 Å². The first kappa shape index (κ1) is 19.3. The molecule has 0 aliphatic heterocycles. The first-order valence-corrected chi connectivity index (χ1v) is 10.0. The molecule has 0 spiro atoms. The molecule has 0 unspecified atom stereocenters. The molecule has 6 nitrogen and oxygen atoms in total. The van der Waals surface area contributed by atoms with E-state index in [1.807, 2.05) is 29.8 Å². The topological polar surface area (TPSA) is 58.3 Å². The molecule has 0 radical (unpaired) electrons. The Labute approximate surface area is 170 Å². The van der Waals surface area contributed by atoms with Gasteiger partial charge in [-0.3, -0.25) is 9.36 Å². The summed E-state index contributed by atoms with van der Waals surface area (Å²) in [6, 6.07) is 11.6. The third kappa shape index (κ3) is 3.55. The minimum absolute atomic E-state index is 0.102. The van der Waals surface area contributed by atoms with Gasteiger partial charge in [0.05, 0.1) is 19.2 Å². The summed E-state index contributed by atoms with van der Waals surface area (Å²) in [5.41, 5.74) is 2.04. The van der Waals surface area contributed by atoms with Gasteiger partial charge < -0.3 is 14.0 Å². The van der Waals surface area contributed by atoms with E-state index in [0.717, 1.165) is 16.7 Å². The molecule has 0 saturated heterocycles. The number of hydrogen-bond donors (Lipinski definition) is 0. The van der Waals surface area contributed by atoms with Gasteiger partial charge >= 0.3 is 0 Å². The minimum Gasteiger partial charge on any atom is -0.497 e. The van der Waals surface area contributed by atoms with Crippen LogP contribution in [0.1, 0.15) is 0 Å². The van der Waals surface area contributed by atoms with Crippen molar-refractivity contribution in [2.45, 2.75) is 5.16 Å². The second-order valence-electron chi connectivity index (χ2n) is 6.55. The predicted molar refractivity (Wildman–Crippen MR) is 113 cm³/mol. The lowest BCUT2D eigenvalue weighted by molar-refractivity contribution is 0.343. The molecule has 4 rings (SSSR count). The molecule has 2 aromatic carbocycles. The third-order valence-corrected chi connectivity index (χ3v) is 5.77. The maximum absolute atomic E-state index is 13.0. The van der Waals surface area contributed by atoms with Crippen LogP contribution in [0.15, 0.2) is 52.4 Å². The van der Waals surface area contributed by atoms with Gasteiger partial charge in [0.2, 0.25) is 0 Å². The zero-order valence-corrected chi connectivity index (χ0v) is 17.1. The van der Waals surface area contributed by atoms with Gasteiger partial charge in [-0.05, 0) is 42.5 Å². The molecule has 0 atom stereocenters. The smallest absolute Gasteiger partial charge is 0.278 e. The molecule has 2 heterocycles. The summed E-state index contributed by atoms with van der Waals surface area (Å²) < 4.78 is 27.3. The molecule has 0 saturated carbocycles. The summed E-state index contributed by atoms with van der Waals surface area (Å²) >= 11 is 1.44. The highest BCUT2D eigenvalue weighted by Gasteiger charge is 2.17. The number of fused-ring (bicyclic) bond motifs is 3. The normalized spacial score (nSPS) is 11.3. The Bertz CT molecular complexity index is 1250. The van der Waals surface area contributed by atoms with Crippen LogP contribution in [-0.2, 0) is 14.1 Å². The number of ether oxygens (including phenoxy) is 2. The van der Waals surface area contributed by atoms with Crippen LogP contribution < -0.4 is 15.0 Å². The molecule has 8 heteroatoms. The first-order chi connectivity index (χ1) is 14.0. The molecule has 0 N–H and O–H groups in total. The van der Waals surface area contributed by atoms with Crippen LogP contribution in [0.25, 0.3) is 21.9 Å². The fourth-order valence-corrected chi connectivity index (χ4v) is 4.04. The van der Waals surface area contributed by atoms with Crippen molar-refractivity contribution in [3.8, 4) is 11.5 Å². The lowest BCUT2D eigenvalue weighted by atomic mass is 10.2. The summed E-state index contributed by atoms with van der Waals surface area (Å²) in [5.74, 6) is 1.61. The molecule has 2 aromatic heterocycles. The highest BCUT2D eigenvalue weighted by atomic mass is 32.2. The van der Waals surface area contributed by atoms with E-state index in [1.54, 1.807) is 30.9 Å². The van der Waals surface area contributed by atoms with Gasteiger partial charge in [0.25, 0.3) is 5.56 Å². The van der Waals surface area contributed by atoms with Crippen LogP contribution in [0.5, 0.6) is 11.5 Å². The fraction of sp³-hybridized carbons (Fsp3) is 0.238. The van der Waals surface area contributed by atoms with E-state index in [-0.39, 0.29) is 11.4 Å². The number of methoxy groups -OCH3 is 1. The van der Waals surface area contributed by atoms with Crippen molar-refractivity contribution in [3.63, 3.8) is 0 Å². The predicted octanol–water partition coefficient (Wildman–Crippen LogP) is 3.74. The first-order valence-electron chi connectivity index (χ1n) is 9.04. The van der Waals surface area contributed by atoms with Gasteiger partial charge in [0, 0.05) is 25.2 Å². The van der Waals surface area contributed by atoms with Gasteiger partial charge in [-0.25, -0.2) is 9.37 Å². The number of aromatic nitrogens is 3. The van der Waals surface area contributed by atoms with Crippen molar-refractivity contribution in [3.05, 3.63) is 58.6 Å². The van der Waals surface area contributed by atoms with Crippen molar-refractivity contribution in [2.24, 2.45) is 14.1 Å². The molecule has 29 heavy (non-hydrogen) atoms. The van der Waals surface area contributed by atoms with Crippen molar-refractivity contribution in [1.82, 2.24) is 14.1 Å². The monoisotopic (exact) mass is 413 g/mol. The van der Waals surface area contributed by atoms with Crippen LogP contribution in [0.4, 0.5) is 4.39 Å². The number of benzene rings is 2. The molecule has 0 fully saturated rings. The van der Waals surface area contributed by atoms with Crippen molar-refractivity contribution in [1.29, 1.82) is 0 Å². The number of hydrogen-bond acceptors (Lipinski definition) is 5. The molecule has 150 valence electrons.